The summed E-state index contributed by atoms with van der Waals surface area (Å²) in [6.07, 6.45) is 0. The Kier molecular flexibility index (Phi) is 5.83. The number of ether oxygens (including phenoxy) is 1. The van der Waals surface area contributed by atoms with Crippen LogP contribution in [0.5, 0.6) is 0 Å². The van der Waals surface area contributed by atoms with E-state index in [9.17, 15) is 9.59 Å². The minimum absolute atomic E-state index is 0.201. The van der Waals surface area contributed by atoms with Crippen LogP contribution in [-0.4, -0.2) is 36.7 Å². The zero-order chi connectivity index (χ0) is 13.4. The Hall–Kier alpha value is -1.92. The van der Waals surface area contributed by atoms with Crippen LogP contribution in [0, 0.1) is 0 Å². The van der Waals surface area contributed by atoms with Gasteiger partial charge in [-0.1, -0.05) is 30.3 Å². The van der Waals surface area contributed by atoms with E-state index in [4.69, 9.17) is 15.6 Å². The fourth-order valence-electron chi connectivity index (χ4n) is 1.38. The smallest absolute Gasteiger partial charge is 0.330 e. The number of aliphatic carboxylic acids is 1. The third-order valence-electron chi connectivity index (χ3n) is 2.18. The van der Waals surface area contributed by atoms with E-state index in [0.717, 1.165) is 0 Å². The zero-order valence-corrected chi connectivity index (χ0v) is 9.83. The molecule has 1 atom stereocenters. The molecule has 0 fully saturated rings. The predicted molar refractivity (Wildman–Crippen MR) is 64.8 cm³/mol. The van der Waals surface area contributed by atoms with Crippen molar-refractivity contribution in [3.8, 4) is 0 Å². The number of carbonyl (C=O) groups is 2. The van der Waals surface area contributed by atoms with Crippen LogP contribution in [0.15, 0.2) is 30.3 Å². The molecule has 1 aromatic carbocycles. The van der Waals surface area contributed by atoms with Crippen molar-refractivity contribution >= 4 is 11.9 Å². The van der Waals surface area contributed by atoms with Crippen LogP contribution in [-0.2, 0) is 14.3 Å². The fourth-order valence-corrected chi connectivity index (χ4v) is 1.38. The first-order valence-corrected chi connectivity index (χ1v) is 5.50. The average Bonchev–Trinajstić information content (AvgIpc) is 2.37. The van der Waals surface area contributed by atoms with Crippen molar-refractivity contribution in [2.24, 2.45) is 5.73 Å². The van der Waals surface area contributed by atoms with Crippen molar-refractivity contribution < 1.29 is 19.4 Å². The van der Waals surface area contributed by atoms with Crippen LogP contribution >= 0.6 is 0 Å². The molecule has 1 amide bonds. The maximum atomic E-state index is 11.5. The average molecular weight is 252 g/mol. The van der Waals surface area contributed by atoms with Gasteiger partial charge in [-0.2, -0.15) is 0 Å². The second-order valence-corrected chi connectivity index (χ2v) is 3.59. The Morgan fingerprint density at radius 3 is 2.56 bits per heavy atom. The largest absolute Gasteiger partial charge is 0.479 e. The van der Waals surface area contributed by atoms with Crippen molar-refractivity contribution in [3.05, 3.63) is 35.9 Å². The predicted octanol–water partition coefficient (Wildman–Crippen LogP) is -0.0962. The summed E-state index contributed by atoms with van der Waals surface area (Å²) < 4.78 is 4.93. The fraction of sp³-hybridized carbons (Fsp3) is 0.333. The lowest BCUT2D eigenvalue weighted by Gasteiger charge is -2.14. The first-order valence-electron chi connectivity index (χ1n) is 5.50. The third-order valence-corrected chi connectivity index (χ3v) is 2.18. The Labute approximate surface area is 105 Å². The van der Waals surface area contributed by atoms with Crippen molar-refractivity contribution in [1.29, 1.82) is 0 Å². The van der Waals surface area contributed by atoms with Gasteiger partial charge in [0.05, 0.1) is 6.61 Å². The van der Waals surface area contributed by atoms with Crippen LogP contribution in [0.25, 0.3) is 0 Å². The normalized spacial score (nSPS) is 11.8. The van der Waals surface area contributed by atoms with Crippen molar-refractivity contribution in [2.75, 3.05) is 19.8 Å². The van der Waals surface area contributed by atoms with Gasteiger partial charge >= 0.3 is 5.97 Å². The highest BCUT2D eigenvalue weighted by molar-refractivity contribution is 5.85. The van der Waals surface area contributed by atoms with E-state index >= 15 is 0 Å². The number of nitrogens with two attached hydrogens (primary N) is 1. The molecule has 18 heavy (non-hydrogen) atoms. The lowest BCUT2D eigenvalue weighted by molar-refractivity contribution is -0.142. The highest BCUT2D eigenvalue weighted by atomic mass is 16.5. The first kappa shape index (κ1) is 14.1. The van der Waals surface area contributed by atoms with Gasteiger partial charge in [-0.25, -0.2) is 4.79 Å². The molecule has 4 N–H and O–H groups in total. The quantitative estimate of drug-likeness (QED) is 0.588. The van der Waals surface area contributed by atoms with E-state index in [1.807, 2.05) is 0 Å². The van der Waals surface area contributed by atoms with Gasteiger partial charge in [0.15, 0.2) is 6.04 Å². The molecule has 0 bridgehead atoms. The molecule has 0 heterocycles. The highest BCUT2D eigenvalue weighted by Gasteiger charge is 2.21. The first-order chi connectivity index (χ1) is 8.65. The van der Waals surface area contributed by atoms with E-state index < -0.39 is 17.9 Å². The highest BCUT2D eigenvalue weighted by Crippen LogP contribution is 2.12. The SMILES string of the molecule is NCCOCC(=O)N[C@H](C(=O)O)c1ccccc1. The molecular formula is C12H16N2O4. The summed E-state index contributed by atoms with van der Waals surface area (Å²) in [6.45, 7) is 0.374. The van der Waals surface area contributed by atoms with E-state index in [1.165, 1.54) is 0 Å². The summed E-state index contributed by atoms with van der Waals surface area (Å²) in [7, 11) is 0. The van der Waals surface area contributed by atoms with Crippen LogP contribution in [0.3, 0.4) is 0 Å². The van der Waals surface area contributed by atoms with Crippen LogP contribution in [0.1, 0.15) is 11.6 Å². The minimum atomic E-state index is -1.12. The summed E-state index contributed by atoms with van der Waals surface area (Å²) in [5.41, 5.74) is 5.72. The molecule has 0 aliphatic rings. The van der Waals surface area contributed by atoms with Gasteiger partial charge in [0, 0.05) is 6.54 Å². The number of amides is 1. The van der Waals surface area contributed by atoms with Gasteiger partial charge in [0.2, 0.25) is 5.91 Å². The van der Waals surface area contributed by atoms with E-state index in [2.05, 4.69) is 5.32 Å². The van der Waals surface area contributed by atoms with E-state index in [0.29, 0.717) is 12.1 Å². The summed E-state index contributed by atoms with van der Waals surface area (Å²) in [5, 5.41) is 11.5. The number of hydrogen-bond donors (Lipinski definition) is 3. The lowest BCUT2D eigenvalue weighted by Crippen LogP contribution is -2.36. The number of carbonyl (C=O) groups excluding carboxylic acids is 1. The van der Waals surface area contributed by atoms with Crippen molar-refractivity contribution in [3.63, 3.8) is 0 Å². The minimum Gasteiger partial charge on any atom is -0.479 e. The molecule has 1 rings (SSSR count). The van der Waals surface area contributed by atoms with Crippen LogP contribution < -0.4 is 11.1 Å². The Balaban J connectivity index is 2.59. The standard InChI is InChI=1S/C12H16N2O4/c13-6-7-18-8-10(15)14-11(12(16)17)9-4-2-1-3-5-9/h1-5,11H,6-8,13H2,(H,14,15)(H,16,17)/t11-/m0/s1. The Morgan fingerprint density at radius 2 is 2.00 bits per heavy atom. The molecule has 0 saturated carbocycles. The van der Waals surface area contributed by atoms with E-state index in [1.54, 1.807) is 30.3 Å². The monoisotopic (exact) mass is 252 g/mol. The number of carboxylic acids is 1. The second kappa shape index (κ2) is 7.41. The molecule has 0 saturated heterocycles. The van der Waals surface area contributed by atoms with Gasteiger partial charge in [-0.05, 0) is 5.56 Å². The maximum absolute atomic E-state index is 11.5. The van der Waals surface area contributed by atoms with Crippen molar-refractivity contribution in [2.45, 2.75) is 6.04 Å². The molecule has 0 aromatic heterocycles. The zero-order valence-electron chi connectivity index (χ0n) is 9.83. The number of hydrogen-bond acceptors (Lipinski definition) is 4. The summed E-state index contributed by atoms with van der Waals surface area (Å²) in [4.78, 5) is 22.6. The number of carboxylic acid groups (broad SMARTS) is 1. The number of benzene rings is 1. The summed E-state index contributed by atoms with van der Waals surface area (Å²) in [5.74, 6) is -1.60. The number of rotatable bonds is 7. The molecule has 0 spiro atoms. The summed E-state index contributed by atoms with van der Waals surface area (Å²) in [6, 6.07) is 7.40. The third kappa shape index (κ3) is 4.52. The van der Waals surface area contributed by atoms with Gasteiger partial charge < -0.3 is 20.9 Å². The topological polar surface area (TPSA) is 102 Å². The Bertz CT molecular complexity index is 394. The second-order valence-electron chi connectivity index (χ2n) is 3.59. The molecule has 6 heteroatoms. The molecule has 0 aliphatic carbocycles. The van der Waals surface area contributed by atoms with Gasteiger partial charge in [0.25, 0.3) is 0 Å². The lowest BCUT2D eigenvalue weighted by atomic mass is 10.1. The maximum Gasteiger partial charge on any atom is 0.330 e. The molecular weight excluding hydrogens is 236 g/mol. The van der Waals surface area contributed by atoms with Gasteiger partial charge in [0.1, 0.15) is 6.61 Å². The summed E-state index contributed by atoms with van der Waals surface area (Å²) >= 11 is 0. The van der Waals surface area contributed by atoms with Gasteiger partial charge in [-0.15, -0.1) is 0 Å². The van der Waals surface area contributed by atoms with E-state index in [-0.39, 0.29) is 13.2 Å². The molecule has 1 aromatic rings. The molecule has 98 valence electrons. The van der Waals surface area contributed by atoms with Crippen LogP contribution in [0.4, 0.5) is 0 Å². The molecule has 6 nitrogen and oxygen atoms in total. The molecule has 0 aliphatic heterocycles. The van der Waals surface area contributed by atoms with Crippen molar-refractivity contribution in [1.82, 2.24) is 5.32 Å². The van der Waals surface area contributed by atoms with Gasteiger partial charge in [-0.3, -0.25) is 4.79 Å². The Morgan fingerprint density at radius 1 is 1.33 bits per heavy atom. The number of nitrogens with one attached hydrogen (secondary N) is 1. The van der Waals surface area contributed by atoms with Crippen LogP contribution in [0.2, 0.25) is 0 Å². The molecule has 0 radical (unpaired) electrons. The molecule has 0 unspecified atom stereocenters.